The lowest BCUT2D eigenvalue weighted by Crippen LogP contribution is -2.34. The summed E-state index contributed by atoms with van der Waals surface area (Å²) >= 11 is 0. The minimum Gasteiger partial charge on any atom is -0.389 e. The molecule has 27 heavy (non-hydrogen) atoms. The molecule has 1 N–H and O–H groups in total. The fourth-order valence-corrected chi connectivity index (χ4v) is 3.67. The quantitative estimate of drug-likeness (QED) is 0.737. The molecule has 0 radical (unpaired) electrons. The van der Waals surface area contributed by atoms with Gasteiger partial charge in [0.15, 0.2) is 5.82 Å². The third-order valence-electron chi connectivity index (χ3n) is 5.46. The fourth-order valence-electron chi connectivity index (χ4n) is 3.67. The summed E-state index contributed by atoms with van der Waals surface area (Å²) in [5, 5.41) is 12.0. The van der Waals surface area contributed by atoms with Crippen molar-refractivity contribution < 1.29 is 0 Å². The molecule has 0 bridgehead atoms. The minimum atomic E-state index is 0.596. The van der Waals surface area contributed by atoms with Crippen LogP contribution in [0.1, 0.15) is 43.2 Å². The van der Waals surface area contributed by atoms with Crippen molar-refractivity contribution in [3.05, 3.63) is 59.8 Å². The number of nitrogens with one attached hydrogen (secondary N) is 1. The molecule has 0 saturated heterocycles. The van der Waals surface area contributed by atoms with Gasteiger partial charge in [-0.25, -0.2) is 0 Å². The molecule has 0 amide bonds. The highest BCUT2D eigenvalue weighted by molar-refractivity contribution is 5.67. The van der Waals surface area contributed by atoms with Gasteiger partial charge in [-0.3, -0.25) is 0 Å². The lowest BCUT2D eigenvalue weighted by atomic mass is 9.94. The van der Waals surface area contributed by atoms with E-state index in [1.807, 2.05) is 13.1 Å². The first kappa shape index (κ1) is 19.2. The van der Waals surface area contributed by atoms with Crippen LogP contribution in [0, 0.1) is 6.92 Å². The number of likely N-dealkylation sites (N-methyl/N-ethyl adjacent to an activating group) is 1. The van der Waals surface area contributed by atoms with Crippen molar-refractivity contribution in [3.8, 4) is 11.3 Å². The molecule has 1 aromatic heterocycles. The van der Waals surface area contributed by atoms with Crippen LogP contribution in [-0.2, 0) is 0 Å². The van der Waals surface area contributed by atoms with Crippen LogP contribution in [-0.4, -0.2) is 30.3 Å². The van der Waals surface area contributed by atoms with E-state index in [4.69, 9.17) is 0 Å². The molecule has 1 aromatic carbocycles. The fraction of sp³-hybridized carbons (Fsp3) is 0.391. The maximum atomic E-state index is 4.51. The predicted molar refractivity (Wildman–Crippen MR) is 115 cm³/mol. The van der Waals surface area contributed by atoms with E-state index in [2.05, 4.69) is 77.4 Å². The Morgan fingerprint density at radius 3 is 2.56 bits per heavy atom. The Morgan fingerprint density at radius 2 is 1.93 bits per heavy atom. The van der Waals surface area contributed by atoms with Gasteiger partial charge in [0.05, 0.1) is 5.69 Å². The van der Waals surface area contributed by atoms with Gasteiger partial charge in [0.1, 0.15) is 0 Å². The first-order chi connectivity index (χ1) is 13.1. The van der Waals surface area contributed by atoms with Gasteiger partial charge in [-0.05, 0) is 49.1 Å². The topological polar surface area (TPSA) is 41.1 Å². The Kier molecular flexibility index (Phi) is 6.28. The van der Waals surface area contributed by atoms with Crippen LogP contribution >= 0.6 is 0 Å². The molecule has 3 rings (SSSR count). The van der Waals surface area contributed by atoms with Crippen molar-refractivity contribution in [1.82, 2.24) is 15.5 Å². The summed E-state index contributed by atoms with van der Waals surface area (Å²) in [7, 11) is 4.01. The second-order valence-corrected chi connectivity index (χ2v) is 7.36. The second-order valence-electron chi connectivity index (χ2n) is 7.36. The highest BCUT2D eigenvalue weighted by Gasteiger charge is 2.19. The van der Waals surface area contributed by atoms with Crippen molar-refractivity contribution in [2.75, 3.05) is 19.0 Å². The third kappa shape index (κ3) is 4.76. The Balaban J connectivity index is 1.74. The number of benzene rings is 1. The van der Waals surface area contributed by atoms with Crippen LogP contribution in [0.4, 0.5) is 5.82 Å². The summed E-state index contributed by atoms with van der Waals surface area (Å²) in [6.45, 7) is 6.03. The van der Waals surface area contributed by atoms with Crippen LogP contribution in [0.3, 0.4) is 0 Å². The van der Waals surface area contributed by atoms with Gasteiger partial charge >= 0.3 is 0 Å². The highest BCUT2D eigenvalue weighted by Crippen LogP contribution is 2.27. The summed E-state index contributed by atoms with van der Waals surface area (Å²) in [6, 6.07) is 11.2. The molecular formula is C23H30N4. The van der Waals surface area contributed by atoms with Gasteiger partial charge in [-0.2, -0.15) is 0 Å². The van der Waals surface area contributed by atoms with Crippen molar-refractivity contribution in [3.63, 3.8) is 0 Å². The zero-order valence-electron chi connectivity index (χ0n) is 16.7. The van der Waals surface area contributed by atoms with Gasteiger partial charge in [0.25, 0.3) is 0 Å². The Labute approximate surface area is 163 Å². The van der Waals surface area contributed by atoms with Crippen molar-refractivity contribution >= 4 is 11.9 Å². The molecule has 142 valence electrons. The average Bonchev–Trinajstić information content (AvgIpc) is 2.72. The van der Waals surface area contributed by atoms with Crippen LogP contribution in [0.15, 0.2) is 48.7 Å². The number of nitrogens with zero attached hydrogens (tertiary/aromatic N) is 3. The van der Waals surface area contributed by atoms with Gasteiger partial charge in [0.2, 0.25) is 0 Å². The molecular weight excluding hydrogens is 332 g/mol. The van der Waals surface area contributed by atoms with Crippen LogP contribution < -0.4 is 10.2 Å². The normalized spacial score (nSPS) is 15.1. The van der Waals surface area contributed by atoms with Crippen molar-refractivity contribution in [1.29, 1.82) is 0 Å². The Bertz CT molecular complexity index is 802. The molecule has 2 aromatic rings. The molecule has 1 aliphatic rings. The molecule has 4 heteroatoms. The molecule has 0 atom stereocenters. The molecule has 1 saturated carbocycles. The third-order valence-corrected chi connectivity index (χ3v) is 5.46. The van der Waals surface area contributed by atoms with E-state index in [0.717, 1.165) is 28.3 Å². The summed E-state index contributed by atoms with van der Waals surface area (Å²) < 4.78 is 0. The smallest absolute Gasteiger partial charge is 0.151 e. The second kappa shape index (κ2) is 8.85. The largest absolute Gasteiger partial charge is 0.389 e. The van der Waals surface area contributed by atoms with Crippen molar-refractivity contribution in [2.24, 2.45) is 0 Å². The van der Waals surface area contributed by atoms with E-state index in [1.165, 1.54) is 37.7 Å². The number of hydrogen-bond donors (Lipinski definition) is 1. The zero-order chi connectivity index (χ0) is 19.2. The number of allylic oxidation sites excluding steroid dienone is 1. The molecule has 1 heterocycles. The first-order valence-electron chi connectivity index (χ1n) is 9.81. The minimum absolute atomic E-state index is 0.596. The van der Waals surface area contributed by atoms with Crippen molar-refractivity contribution in [2.45, 2.75) is 45.1 Å². The number of aromatic nitrogens is 2. The van der Waals surface area contributed by atoms with E-state index < -0.39 is 0 Å². The summed E-state index contributed by atoms with van der Waals surface area (Å²) in [5.74, 6) is 0.966. The number of hydrogen-bond acceptors (Lipinski definition) is 4. The molecule has 0 unspecified atom stereocenters. The molecule has 0 aliphatic heterocycles. The maximum absolute atomic E-state index is 4.51. The summed E-state index contributed by atoms with van der Waals surface area (Å²) in [6.07, 6.45) is 10.6. The monoisotopic (exact) mass is 362 g/mol. The Morgan fingerprint density at radius 1 is 1.15 bits per heavy atom. The predicted octanol–water partition coefficient (Wildman–Crippen LogP) is 4.97. The van der Waals surface area contributed by atoms with E-state index in [-0.39, 0.29) is 0 Å². The van der Waals surface area contributed by atoms with E-state index in [9.17, 15) is 0 Å². The SMILES string of the molecule is C=C(/C=C/c1ccc(-c2ccc(N(C)C3CCCCC3)nn2)c(C)c1)NC. The first-order valence-corrected chi connectivity index (χ1v) is 9.81. The number of aryl methyl sites for hydroxylation is 1. The Hall–Kier alpha value is -2.62. The summed E-state index contributed by atoms with van der Waals surface area (Å²) in [4.78, 5) is 2.30. The standard InChI is InChI=1S/C23H30N4/c1-17-16-19(11-10-18(2)24-3)12-13-21(17)22-14-15-23(26-25-22)27(4)20-8-6-5-7-9-20/h10-16,20,24H,2,5-9H2,1,3-4H3/b11-10+. The van der Waals surface area contributed by atoms with Gasteiger partial charge in [-0.15, -0.1) is 10.2 Å². The van der Waals surface area contributed by atoms with E-state index in [1.54, 1.807) is 0 Å². The van der Waals surface area contributed by atoms with Gasteiger partial charge in [-0.1, -0.05) is 50.1 Å². The van der Waals surface area contributed by atoms with Crippen LogP contribution in [0.5, 0.6) is 0 Å². The lowest BCUT2D eigenvalue weighted by Gasteiger charge is -2.31. The molecule has 1 aliphatic carbocycles. The summed E-state index contributed by atoms with van der Waals surface area (Å²) in [5.41, 5.74) is 5.27. The van der Waals surface area contributed by atoms with E-state index in [0.29, 0.717) is 6.04 Å². The van der Waals surface area contributed by atoms with Gasteiger partial charge < -0.3 is 10.2 Å². The number of anilines is 1. The maximum Gasteiger partial charge on any atom is 0.151 e. The molecule has 1 fully saturated rings. The zero-order valence-corrected chi connectivity index (χ0v) is 16.7. The van der Waals surface area contributed by atoms with Gasteiger partial charge in [0, 0.05) is 31.4 Å². The van der Waals surface area contributed by atoms with E-state index >= 15 is 0 Å². The van der Waals surface area contributed by atoms with Crippen LogP contribution in [0.2, 0.25) is 0 Å². The molecule has 0 spiro atoms. The lowest BCUT2D eigenvalue weighted by molar-refractivity contribution is 0.425. The molecule has 4 nitrogen and oxygen atoms in total. The highest BCUT2D eigenvalue weighted by atomic mass is 15.3. The van der Waals surface area contributed by atoms with Crippen LogP contribution in [0.25, 0.3) is 17.3 Å². The number of rotatable bonds is 6. The average molecular weight is 363 g/mol.